The smallest absolute Gasteiger partial charge is 0.409 e. The third-order valence-corrected chi connectivity index (χ3v) is 7.41. The van der Waals surface area contributed by atoms with Crippen LogP contribution in [0.15, 0.2) is 30.9 Å². The van der Waals surface area contributed by atoms with Crippen LogP contribution in [0.4, 0.5) is 14.9 Å². The highest BCUT2D eigenvalue weighted by molar-refractivity contribution is 5.72. The largest absolute Gasteiger partial charge is 0.450 e. The Kier molecular flexibility index (Phi) is 6.14. The Balaban J connectivity index is 1.16. The van der Waals surface area contributed by atoms with Crippen LogP contribution < -0.4 is 4.90 Å². The number of ether oxygens (including phenoxy) is 1. The molecule has 9 heteroatoms. The van der Waals surface area contributed by atoms with Gasteiger partial charge in [-0.2, -0.15) is 0 Å². The first-order valence-corrected chi connectivity index (χ1v) is 11.9. The van der Waals surface area contributed by atoms with Crippen LogP contribution in [0, 0.1) is 11.2 Å². The lowest BCUT2D eigenvalue weighted by atomic mass is 9.67. The van der Waals surface area contributed by atoms with E-state index in [1.807, 2.05) is 11.8 Å². The zero-order valence-electron chi connectivity index (χ0n) is 19.1. The van der Waals surface area contributed by atoms with Gasteiger partial charge in [0.05, 0.1) is 24.7 Å². The Morgan fingerprint density at radius 1 is 1.12 bits per heavy atom. The fourth-order valence-electron chi connectivity index (χ4n) is 5.62. The lowest BCUT2D eigenvalue weighted by molar-refractivity contribution is -0.0401. The van der Waals surface area contributed by atoms with E-state index in [-0.39, 0.29) is 11.9 Å². The maximum Gasteiger partial charge on any atom is 0.409 e. The second-order valence-corrected chi connectivity index (χ2v) is 9.42. The standard InChI is InChI=1S/C24H31FN6O2/c1-2-33-23(32)31-16-24(17-31)5-3-19(4-6-24)29-9-11-30(12-10-29)21-13-18(25)14-28-22(21)20-15-26-7-8-27-20/h7-8,13-15,19H,2-6,9-12,16-17H2,1H3. The van der Waals surface area contributed by atoms with Crippen molar-refractivity contribution in [1.29, 1.82) is 0 Å². The maximum atomic E-state index is 14.0. The average molecular weight is 455 g/mol. The van der Waals surface area contributed by atoms with Gasteiger partial charge in [0.1, 0.15) is 17.2 Å². The summed E-state index contributed by atoms with van der Waals surface area (Å²) in [4.78, 5) is 31.4. The number of piperazine rings is 1. The molecule has 3 fully saturated rings. The number of pyridine rings is 1. The molecule has 0 radical (unpaired) electrons. The molecule has 1 amide bonds. The van der Waals surface area contributed by atoms with Crippen molar-refractivity contribution in [3.63, 3.8) is 0 Å². The summed E-state index contributed by atoms with van der Waals surface area (Å²) in [5.74, 6) is -0.338. The van der Waals surface area contributed by atoms with Gasteiger partial charge in [0, 0.05) is 69.2 Å². The first-order valence-electron chi connectivity index (χ1n) is 11.9. The van der Waals surface area contributed by atoms with Gasteiger partial charge in [-0.3, -0.25) is 14.9 Å². The van der Waals surface area contributed by atoms with Gasteiger partial charge in [0.2, 0.25) is 0 Å². The van der Waals surface area contributed by atoms with Crippen LogP contribution in [0.1, 0.15) is 32.6 Å². The molecular formula is C24H31FN6O2. The Labute approximate surface area is 193 Å². The predicted octanol–water partition coefficient (Wildman–Crippen LogP) is 3.20. The SMILES string of the molecule is CCOC(=O)N1CC2(CCC(N3CCN(c4cc(F)cnc4-c4cnccn4)CC3)CC2)C1. The number of hydrogen-bond acceptors (Lipinski definition) is 7. The number of likely N-dealkylation sites (tertiary alicyclic amines) is 1. The monoisotopic (exact) mass is 454 g/mol. The zero-order valence-corrected chi connectivity index (χ0v) is 19.1. The highest BCUT2D eigenvalue weighted by Crippen LogP contribution is 2.45. The van der Waals surface area contributed by atoms with E-state index in [0.717, 1.165) is 45.0 Å². The molecule has 1 spiro atoms. The lowest BCUT2D eigenvalue weighted by Crippen LogP contribution is -2.61. The molecule has 2 aromatic heterocycles. The van der Waals surface area contributed by atoms with Crippen LogP contribution in [-0.2, 0) is 4.74 Å². The molecule has 176 valence electrons. The predicted molar refractivity (Wildman–Crippen MR) is 122 cm³/mol. The number of hydrogen-bond donors (Lipinski definition) is 0. The van der Waals surface area contributed by atoms with Crippen molar-refractivity contribution in [3.05, 3.63) is 36.7 Å². The first kappa shape index (κ1) is 22.0. The van der Waals surface area contributed by atoms with Crippen molar-refractivity contribution in [2.45, 2.75) is 38.6 Å². The van der Waals surface area contributed by atoms with E-state index in [4.69, 9.17) is 4.74 Å². The van der Waals surface area contributed by atoms with E-state index < -0.39 is 0 Å². The third-order valence-electron chi connectivity index (χ3n) is 7.41. The number of carbonyl (C=O) groups is 1. The van der Waals surface area contributed by atoms with Crippen molar-refractivity contribution >= 4 is 11.8 Å². The van der Waals surface area contributed by atoms with Gasteiger partial charge >= 0.3 is 6.09 Å². The number of rotatable bonds is 4. The molecule has 2 aromatic rings. The summed E-state index contributed by atoms with van der Waals surface area (Å²) in [6.07, 6.45) is 10.7. The molecule has 8 nitrogen and oxygen atoms in total. The molecule has 33 heavy (non-hydrogen) atoms. The number of anilines is 1. The van der Waals surface area contributed by atoms with Crippen LogP contribution in [0.3, 0.4) is 0 Å². The molecule has 1 aliphatic carbocycles. The van der Waals surface area contributed by atoms with Gasteiger partial charge in [-0.05, 0) is 32.6 Å². The molecule has 1 saturated carbocycles. The van der Waals surface area contributed by atoms with Crippen LogP contribution in [0.5, 0.6) is 0 Å². The molecule has 3 aliphatic rings. The highest BCUT2D eigenvalue weighted by atomic mass is 19.1. The minimum absolute atomic E-state index is 0.172. The number of nitrogens with zero attached hydrogens (tertiary/aromatic N) is 6. The van der Waals surface area contributed by atoms with E-state index in [1.165, 1.54) is 31.9 Å². The van der Waals surface area contributed by atoms with Gasteiger partial charge in [0.25, 0.3) is 0 Å². The fourth-order valence-corrected chi connectivity index (χ4v) is 5.62. The summed E-state index contributed by atoms with van der Waals surface area (Å²) in [5, 5.41) is 0. The number of carbonyl (C=O) groups excluding carboxylic acids is 1. The van der Waals surface area contributed by atoms with Gasteiger partial charge in [0.15, 0.2) is 0 Å². The molecular weight excluding hydrogens is 423 g/mol. The molecule has 0 unspecified atom stereocenters. The van der Waals surface area contributed by atoms with Crippen LogP contribution >= 0.6 is 0 Å². The van der Waals surface area contributed by atoms with Crippen LogP contribution in [0.25, 0.3) is 11.4 Å². The lowest BCUT2D eigenvalue weighted by Gasteiger charge is -2.54. The maximum absolute atomic E-state index is 14.0. The Morgan fingerprint density at radius 3 is 2.55 bits per heavy atom. The van der Waals surface area contributed by atoms with Gasteiger partial charge in [-0.15, -0.1) is 0 Å². The van der Waals surface area contributed by atoms with E-state index >= 15 is 0 Å². The summed E-state index contributed by atoms with van der Waals surface area (Å²) in [6, 6.07) is 2.14. The van der Waals surface area contributed by atoms with E-state index in [0.29, 0.717) is 29.5 Å². The van der Waals surface area contributed by atoms with Crippen molar-refractivity contribution in [2.75, 3.05) is 50.8 Å². The van der Waals surface area contributed by atoms with E-state index in [2.05, 4.69) is 24.8 Å². The van der Waals surface area contributed by atoms with Crippen LogP contribution in [-0.4, -0.2) is 82.8 Å². The van der Waals surface area contributed by atoms with Crippen molar-refractivity contribution in [1.82, 2.24) is 24.8 Å². The third kappa shape index (κ3) is 4.51. The molecule has 2 saturated heterocycles. The van der Waals surface area contributed by atoms with Crippen LogP contribution in [0.2, 0.25) is 0 Å². The quantitative estimate of drug-likeness (QED) is 0.702. The summed E-state index contributed by atoms with van der Waals surface area (Å²) >= 11 is 0. The topological polar surface area (TPSA) is 74.7 Å². The van der Waals surface area contributed by atoms with Crippen molar-refractivity contribution in [2.24, 2.45) is 5.41 Å². The summed E-state index contributed by atoms with van der Waals surface area (Å²) in [5.41, 5.74) is 2.41. The summed E-state index contributed by atoms with van der Waals surface area (Å²) in [6.45, 7) is 7.51. The number of halogens is 1. The zero-order chi connectivity index (χ0) is 22.8. The molecule has 0 N–H and O–H groups in total. The molecule has 4 heterocycles. The second-order valence-electron chi connectivity index (χ2n) is 9.42. The van der Waals surface area contributed by atoms with Gasteiger partial charge < -0.3 is 14.5 Å². The molecule has 0 aromatic carbocycles. The van der Waals surface area contributed by atoms with Gasteiger partial charge in [-0.25, -0.2) is 14.2 Å². The minimum atomic E-state index is -0.338. The highest BCUT2D eigenvalue weighted by Gasteiger charge is 2.48. The molecule has 0 atom stereocenters. The van der Waals surface area contributed by atoms with Gasteiger partial charge in [-0.1, -0.05) is 0 Å². The molecule has 5 rings (SSSR count). The van der Waals surface area contributed by atoms with E-state index in [9.17, 15) is 9.18 Å². The number of amides is 1. The summed E-state index contributed by atoms with van der Waals surface area (Å²) < 4.78 is 19.2. The minimum Gasteiger partial charge on any atom is -0.450 e. The fraction of sp³-hybridized carbons (Fsp3) is 0.583. The second kappa shape index (κ2) is 9.21. The Hall–Kier alpha value is -2.81. The van der Waals surface area contributed by atoms with E-state index in [1.54, 1.807) is 24.7 Å². The average Bonchev–Trinajstić information content (AvgIpc) is 2.83. The Bertz CT molecular complexity index is 966. The Morgan fingerprint density at radius 2 is 1.88 bits per heavy atom. The molecule has 0 bridgehead atoms. The van der Waals surface area contributed by atoms with Crippen molar-refractivity contribution in [3.8, 4) is 11.4 Å². The first-order chi connectivity index (χ1) is 16.1. The molecule has 2 aliphatic heterocycles. The normalized spacial score (nSPS) is 21.2. The van der Waals surface area contributed by atoms with Crippen molar-refractivity contribution < 1.29 is 13.9 Å². The number of aromatic nitrogens is 3. The summed E-state index contributed by atoms with van der Waals surface area (Å²) in [7, 11) is 0.